The van der Waals surface area contributed by atoms with E-state index < -0.39 is 17.7 Å². The number of ketones is 1. The Hall–Kier alpha value is -4.35. The van der Waals surface area contributed by atoms with E-state index in [9.17, 15) is 14.7 Å². The molecule has 0 saturated carbocycles. The lowest BCUT2D eigenvalue weighted by atomic mass is 9.95. The van der Waals surface area contributed by atoms with Crippen molar-refractivity contribution in [2.75, 3.05) is 25.2 Å². The van der Waals surface area contributed by atoms with Gasteiger partial charge < -0.3 is 19.3 Å². The number of methoxy groups -OCH3 is 1. The Bertz CT molecular complexity index is 1670. The number of carbonyl (C=O) groups excluding carboxylic acids is 2. The molecule has 2 heterocycles. The monoisotopic (exact) mass is 645 g/mol. The molecule has 1 fully saturated rings. The van der Waals surface area contributed by atoms with E-state index in [1.807, 2.05) is 37.3 Å². The first kappa shape index (κ1) is 32.1. The minimum Gasteiger partial charge on any atom is -0.507 e. The Balaban J connectivity index is 1.55. The lowest BCUT2D eigenvalue weighted by Crippen LogP contribution is -2.29. The summed E-state index contributed by atoms with van der Waals surface area (Å²) in [7, 11) is 1.53. The van der Waals surface area contributed by atoms with Crippen LogP contribution in [0.4, 0.5) is 5.13 Å². The second-order valence-corrected chi connectivity index (χ2v) is 12.9. The van der Waals surface area contributed by atoms with Crippen molar-refractivity contribution in [2.24, 2.45) is 5.92 Å². The van der Waals surface area contributed by atoms with Gasteiger partial charge in [-0.25, -0.2) is 0 Å². The standard InChI is InChI=1S/C34H35N3O6S2/c1-5-42-25-14-11-23(12-15-25)30(38)28-29(24-13-16-26(27(19-24)41-4)43-18-17-21(2)3)37(32(40)31(28)39)33-35-36-34(45-33)44-20-22-9-7-6-8-10-22/h6-16,19,21,29,38H,5,17-18,20H2,1-4H3/b30-28-. The van der Waals surface area contributed by atoms with Crippen LogP contribution in [0, 0.1) is 5.92 Å². The third-order valence-electron chi connectivity index (χ3n) is 7.15. The Morgan fingerprint density at radius 1 is 1.00 bits per heavy atom. The summed E-state index contributed by atoms with van der Waals surface area (Å²) in [6.07, 6.45) is 0.870. The van der Waals surface area contributed by atoms with Gasteiger partial charge in [0, 0.05) is 11.3 Å². The number of aliphatic hydroxyl groups is 1. The van der Waals surface area contributed by atoms with Gasteiger partial charge in [0.25, 0.3) is 5.78 Å². The largest absolute Gasteiger partial charge is 0.507 e. The van der Waals surface area contributed by atoms with Gasteiger partial charge >= 0.3 is 5.91 Å². The molecule has 0 spiro atoms. The Kier molecular flexibility index (Phi) is 10.4. The van der Waals surface area contributed by atoms with E-state index in [0.717, 1.165) is 12.0 Å². The van der Waals surface area contributed by atoms with Crippen molar-refractivity contribution in [1.82, 2.24) is 10.2 Å². The number of ether oxygens (including phenoxy) is 3. The molecule has 1 aliphatic rings. The first-order valence-corrected chi connectivity index (χ1v) is 16.5. The molecule has 9 nitrogen and oxygen atoms in total. The summed E-state index contributed by atoms with van der Waals surface area (Å²) in [5.41, 5.74) is 1.98. The number of carbonyl (C=O) groups is 2. The molecule has 234 valence electrons. The van der Waals surface area contributed by atoms with Gasteiger partial charge in [0.2, 0.25) is 5.13 Å². The van der Waals surface area contributed by atoms with Gasteiger partial charge in [-0.15, -0.1) is 10.2 Å². The van der Waals surface area contributed by atoms with Crippen molar-refractivity contribution < 1.29 is 28.9 Å². The highest BCUT2D eigenvalue weighted by atomic mass is 32.2. The number of anilines is 1. The van der Waals surface area contributed by atoms with Gasteiger partial charge in [-0.3, -0.25) is 14.5 Å². The zero-order valence-electron chi connectivity index (χ0n) is 25.6. The molecule has 1 aromatic heterocycles. The molecule has 45 heavy (non-hydrogen) atoms. The number of benzene rings is 3. The summed E-state index contributed by atoms with van der Waals surface area (Å²) in [6, 6.07) is 20.9. The molecule has 1 unspecified atom stereocenters. The van der Waals surface area contributed by atoms with Crippen LogP contribution >= 0.6 is 23.1 Å². The Morgan fingerprint density at radius 2 is 1.76 bits per heavy atom. The smallest absolute Gasteiger partial charge is 0.301 e. The van der Waals surface area contributed by atoms with E-state index in [-0.39, 0.29) is 16.5 Å². The van der Waals surface area contributed by atoms with E-state index in [4.69, 9.17) is 14.2 Å². The summed E-state index contributed by atoms with van der Waals surface area (Å²) in [4.78, 5) is 28.6. The summed E-state index contributed by atoms with van der Waals surface area (Å²) < 4.78 is 17.8. The maximum atomic E-state index is 13.7. The molecule has 0 bridgehead atoms. The molecule has 1 amide bonds. The third kappa shape index (κ3) is 7.32. The predicted octanol–water partition coefficient (Wildman–Crippen LogP) is 7.29. The second kappa shape index (κ2) is 14.6. The zero-order valence-corrected chi connectivity index (χ0v) is 27.2. The summed E-state index contributed by atoms with van der Waals surface area (Å²) >= 11 is 2.71. The fourth-order valence-electron chi connectivity index (χ4n) is 4.83. The first-order valence-electron chi connectivity index (χ1n) is 14.7. The molecule has 4 aromatic rings. The molecular weight excluding hydrogens is 611 g/mol. The minimum absolute atomic E-state index is 0.0617. The van der Waals surface area contributed by atoms with E-state index in [1.54, 1.807) is 42.5 Å². The van der Waals surface area contributed by atoms with Crippen LogP contribution in [0.5, 0.6) is 17.2 Å². The van der Waals surface area contributed by atoms with E-state index in [1.165, 1.54) is 35.1 Å². The predicted molar refractivity (Wildman–Crippen MR) is 176 cm³/mol. The molecule has 1 saturated heterocycles. The van der Waals surface area contributed by atoms with E-state index >= 15 is 0 Å². The van der Waals surface area contributed by atoms with Gasteiger partial charge in [-0.1, -0.05) is 73.3 Å². The fourth-order valence-corrected chi connectivity index (χ4v) is 6.66. The number of rotatable bonds is 13. The summed E-state index contributed by atoms with van der Waals surface area (Å²) in [5.74, 6) is 0.822. The highest BCUT2D eigenvalue weighted by Gasteiger charge is 2.48. The zero-order chi connectivity index (χ0) is 31.9. The van der Waals surface area contributed by atoms with Crippen LogP contribution in [0.3, 0.4) is 0 Å². The van der Waals surface area contributed by atoms with Gasteiger partial charge in [-0.05, 0) is 66.8 Å². The second-order valence-electron chi connectivity index (χ2n) is 10.7. The van der Waals surface area contributed by atoms with E-state index in [0.29, 0.717) is 57.6 Å². The highest BCUT2D eigenvalue weighted by Crippen LogP contribution is 2.45. The molecule has 3 aromatic carbocycles. The number of aliphatic hydroxyl groups excluding tert-OH is 1. The Morgan fingerprint density at radius 3 is 2.44 bits per heavy atom. The molecule has 5 rings (SSSR count). The molecular formula is C34H35N3O6S2. The molecule has 0 radical (unpaired) electrons. The molecule has 0 aliphatic carbocycles. The SMILES string of the molecule is CCOc1ccc(/C(O)=C2/C(=O)C(=O)N(c3nnc(SCc4ccccc4)s3)C2c2ccc(OCCC(C)C)c(OC)c2)cc1. The van der Waals surface area contributed by atoms with Crippen LogP contribution in [0.25, 0.3) is 5.76 Å². The minimum atomic E-state index is -0.991. The fraction of sp³-hybridized carbons (Fsp3) is 0.294. The van der Waals surface area contributed by atoms with Crippen LogP contribution in [-0.4, -0.2) is 47.3 Å². The van der Waals surface area contributed by atoms with Crippen LogP contribution in [0.1, 0.15) is 49.9 Å². The van der Waals surface area contributed by atoms with E-state index in [2.05, 4.69) is 24.0 Å². The van der Waals surface area contributed by atoms with Crippen LogP contribution in [0.15, 0.2) is 82.7 Å². The molecule has 11 heteroatoms. The lowest BCUT2D eigenvalue weighted by molar-refractivity contribution is -0.132. The number of thioether (sulfide) groups is 1. The van der Waals surface area contributed by atoms with Crippen molar-refractivity contribution in [3.63, 3.8) is 0 Å². The number of hydrogen-bond acceptors (Lipinski definition) is 10. The molecule has 1 aliphatic heterocycles. The maximum Gasteiger partial charge on any atom is 0.301 e. The average molecular weight is 646 g/mol. The van der Waals surface area contributed by atoms with Gasteiger partial charge in [0.1, 0.15) is 11.5 Å². The van der Waals surface area contributed by atoms with Crippen molar-refractivity contribution in [2.45, 2.75) is 43.3 Å². The molecule has 1 N–H and O–H groups in total. The quantitative estimate of drug-likeness (QED) is 0.0527. The van der Waals surface area contributed by atoms with Crippen molar-refractivity contribution in [3.8, 4) is 17.2 Å². The normalized spacial score (nSPS) is 15.9. The number of Topliss-reactive ketones (excluding diaryl/α,β-unsaturated/α-hetero) is 1. The number of aromatic nitrogens is 2. The Labute approximate surface area is 270 Å². The maximum absolute atomic E-state index is 13.7. The summed E-state index contributed by atoms with van der Waals surface area (Å²) in [5, 5.41) is 20.4. The lowest BCUT2D eigenvalue weighted by Gasteiger charge is -2.23. The van der Waals surface area contributed by atoms with Gasteiger partial charge in [0.05, 0.1) is 31.9 Å². The third-order valence-corrected chi connectivity index (χ3v) is 9.27. The number of nitrogens with zero attached hydrogens (tertiary/aromatic N) is 3. The van der Waals surface area contributed by atoms with Gasteiger partial charge in [0.15, 0.2) is 15.8 Å². The van der Waals surface area contributed by atoms with Gasteiger partial charge in [-0.2, -0.15) is 0 Å². The van der Waals surface area contributed by atoms with Crippen molar-refractivity contribution in [1.29, 1.82) is 0 Å². The number of amides is 1. The van der Waals surface area contributed by atoms with Crippen LogP contribution in [0.2, 0.25) is 0 Å². The van der Waals surface area contributed by atoms with Crippen molar-refractivity contribution in [3.05, 3.63) is 95.1 Å². The average Bonchev–Trinajstić information content (AvgIpc) is 3.62. The summed E-state index contributed by atoms with van der Waals surface area (Å²) in [6.45, 7) is 7.12. The first-order chi connectivity index (χ1) is 21.8. The topological polar surface area (TPSA) is 111 Å². The highest BCUT2D eigenvalue weighted by molar-refractivity contribution is 8.00. The molecule has 1 atom stereocenters. The van der Waals surface area contributed by atoms with Crippen LogP contribution in [-0.2, 0) is 15.3 Å². The van der Waals surface area contributed by atoms with Crippen LogP contribution < -0.4 is 19.1 Å². The van der Waals surface area contributed by atoms with Crippen molar-refractivity contribution >= 4 is 45.7 Å². The number of hydrogen-bond donors (Lipinski definition) is 1.